The van der Waals surface area contributed by atoms with Crippen LogP contribution in [-0.4, -0.2) is 31.3 Å². The molecule has 0 aromatic carbocycles. The summed E-state index contributed by atoms with van der Waals surface area (Å²) in [5, 5.41) is 4.46. The van der Waals surface area contributed by atoms with Crippen molar-refractivity contribution in [1.29, 1.82) is 0 Å². The van der Waals surface area contributed by atoms with Gasteiger partial charge in [-0.2, -0.15) is 0 Å². The average molecular weight is 243 g/mol. The molecule has 3 N–H and O–H groups in total. The van der Waals surface area contributed by atoms with Gasteiger partial charge in [0, 0.05) is 43.9 Å². The van der Waals surface area contributed by atoms with Gasteiger partial charge >= 0.3 is 0 Å². The van der Waals surface area contributed by atoms with E-state index in [0.29, 0.717) is 0 Å². The van der Waals surface area contributed by atoms with Crippen molar-refractivity contribution in [2.45, 2.75) is 32.4 Å². The monoisotopic (exact) mass is 243 g/mol. The lowest BCUT2D eigenvalue weighted by molar-refractivity contribution is 0.190. The standard InChI is InChI=1S/C11H21N3OS/c1-9-14-8-11(16-9)7-13-6-10(12)4-3-5-15-2/h8,10,13H,3-7,12H2,1-2H3. The summed E-state index contributed by atoms with van der Waals surface area (Å²) in [6.07, 6.45) is 3.95. The fourth-order valence-corrected chi connectivity index (χ4v) is 2.22. The van der Waals surface area contributed by atoms with Crippen LogP contribution in [0.2, 0.25) is 0 Å². The highest BCUT2D eigenvalue weighted by atomic mass is 32.1. The molecular weight excluding hydrogens is 222 g/mol. The Balaban J connectivity index is 2.06. The fraction of sp³-hybridized carbons (Fsp3) is 0.727. The van der Waals surface area contributed by atoms with E-state index in [1.54, 1.807) is 18.4 Å². The third kappa shape index (κ3) is 5.55. The minimum atomic E-state index is 0.212. The molecule has 1 heterocycles. The first-order chi connectivity index (χ1) is 7.72. The van der Waals surface area contributed by atoms with Gasteiger partial charge < -0.3 is 15.8 Å². The molecule has 1 aromatic heterocycles. The minimum Gasteiger partial charge on any atom is -0.385 e. The quantitative estimate of drug-likeness (QED) is 0.676. The normalized spacial score (nSPS) is 12.9. The van der Waals surface area contributed by atoms with Gasteiger partial charge in [0.05, 0.1) is 5.01 Å². The van der Waals surface area contributed by atoms with Crippen LogP contribution >= 0.6 is 11.3 Å². The van der Waals surface area contributed by atoms with Gasteiger partial charge in [-0.15, -0.1) is 11.3 Å². The molecule has 0 amide bonds. The molecule has 0 saturated carbocycles. The topological polar surface area (TPSA) is 60.2 Å². The predicted molar refractivity (Wildman–Crippen MR) is 67.6 cm³/mol. The molecule has 0 bridgehead atoms. The molecule has 0 aliphatic heterocycles. The van der Waals surface area contributed by atoms with Gasteiger partial charge in [-0.25, -0.2) is 4.98 Å². The molecule has 1 aromatic rings. The van der Waals surface area contributed by atoms with Gasteiger partial charge in [0.25, 0.3) is 0 Å². The first kappa shape index (κ1) is 13.6. The van der Waals surface area contributed by atoms with Crippen molar-refractivity contribution < 1.29 is 4.74 Å². The maximum Gasteiger partial charge on any atom is 0.0897 e. The largest absolute Gasteiger partial charge is 0.385 e. The van der Waals surface area contributed by atoms with Crippen molar-refractivity contribution in [3.63, 3.8) is 0 Å². The molecule has 1 rings (SSSR count). The van der Waals surface area contributed by atoms with Gasteiger partial charge in [-0.1, -0.05) is 0 Å². The first-order valence-electron chi connectivity index (χ1n) is 5.59. The number of aromatic nitrogens is 1. The molecule has 92 valence electrons. The number of ether oxygens (including phenoxy) is 1. The van der Waals surface area contributed by atoms with Gasteiger partial charge in [-0.3, -0.25) is 0 Å². The summed E-state index contributed by atoms with van der Waals surface area (Å²) in [6.45, 7) is 4.52. The van der Waals surface area contributed by atoms with Crippen molar-refractivity contribution in [2.75, 3.05) is 20.3 Å². The smallest absolute Gasteiger partial charge is 0.0897 e. The molecule has 16 heavy (non-hydrogen) atoms. The van der Waals surface area contributed by atoms with Gasteiger partial charge in [0.2, 0.25) is 0 Å². The summed E-state index contributed by atoms with van der Waals surface area (Å²) in [6, 6.07) is 0.212. The zero-order valence-corrected chi connectivity index (χ0v) is 10.8. The lowest BCUT2D eigenvalue weighted by atomic mass is 10.2. The Morgan fingerprint density at radius 2 is 2.44 bits per heavy atom. The van der Waals surface area contributed by atoms with Crippen LogP contribution in [0.25, 0.3) is 0 Å². The molecular formula is C11H21N3OS. The number of methoxy groups -OCH3 is 1. The van der Waals surface area contributed by atoms with Crippen LogP contribution in [0.3, 0.4) is 0 Å². The maximum absolute atomic E-state index is 5.95. The number of nitrogens with zero attached hydrogens (tertiary/aromatic N) is 1. The maximum atomic E-state index is 5.95. The minimum absolute atomic E-state index is 0.212. The lowest BCUT2D eigenvalue weighted by Crippen LogP contribution is -2.33. The van der Waals surface area contributed by atoms with Crippen LogP contribution in [0.1, 0.15) is 22.7 Å². The van der Waals surface area contributed by atoms with Gasteiger partial charge in [-0.05, 0) is 19.8 Å². The van der Waals surface area contributed by atoms with Crippen LogP contribution in [-0.2, 0) is 11.3 Å². The number of nitrogens with one attached hydrogen (secondary N) is 1. The van der Waals surface area contributed by atoms with Crippen molar-refractivity contribution in [2.24, 2.45) is 5.73 Å². The van der Waals surface area contributed by atoms with Crippen LogP contribution in [0.5, 0.6) is 0 Å². The Labute approximate surface area is 101 Å². The Kier molecular flexibility index (Phi) is 6.56. The Hall–Kier alpha value is -0.490. The second-order valence-corrected chi connectivity index (χ2v) is 5.19. The van der Waals surface area contributed by atoms with Crippen molar-refractivity contribution in [3.8, 4) is 0 Å². The molecule has 0 aliphatic carbocycles. The molecule has 4 nitrogen and oxygen atoms in total. The number of nitrogens with two attached hydrogens (primary N) is 1. The number of hydrogen-bond donors (Lipinski definition) is 2. The fourth-order valence-electron chi connectivity index (χ4n) is 1.46. The van der Waals surface area contributed by atoms with E-state index >= 15 is 0 Å². The molecule has 1 atom stereocenters. The van der Waals surface area contributed by atoms with Gasteiger partial charge in [0.15, 0.2) is 0 Å². The Bertz CT molecular complexity index is 291. The molecule has 5 heteroatoms. The third-order valence-electron chi connectivity index (χ3n) is 2.30. The van der Waals surface area contributed by atoms with E-state index in [9.17, 15) is 0 Å². The van der Waals surface area contributed by atoms with E-state index in [1.807, 2.05) is 13.1 Å². The molecule has 0 saturated heterocycles. The zero-order valence-electron chi connectivity index (χ0n) is 10.0. The highest BCUT2D eigenvalue weighted by Gasteiger charge is 2.02. The Morgan fingerprint density at radius 1 is 1.62 bits per heavy atom. The SMILES string of the molecule is COCCCC(N)CNCc1cnc(C)s1. The molecule has 1 unspecified atom stereocenters. The molecule has 0 fully saturated rings. The van der Waals surface area contributed by atoms with E-state index in [4.69, 9.17) is 10.5 Å². The summed E-state index contributed by atoms with van der Waals surface area (Å²) >= 11 is 1.73. The van der Waals surface area contributed by atoms with Crippen molar-refractivity contribution in [1.82, 2.24) is 10.3 Å². The second kappa shape index (κ2) is 7.73. The molecule has 0 aliphatic rings. The van der Waals surface area contributed by atoms with Crippen LogP contribution in [0.4, 0.5) is 0 Å². The number of hydrogen-bond acceptors (Lipinski definition) is 5. The van der Waals surface area contributed by atoms with E-state index in [-0.39, 0.29) is 6.04 Å². The number of thiazole rings is 1. The van der Waals surface area contributed by atoms with E-state index in [2.05, 4.69) is 10.3 Å². The summed E-state index contributed by atoms with van der Waals surface area (Å²) in [5.74, 6) is 0. The van der Waals surface area contributed by atoms with E-state index in [0.717, 1.165) is 37.5 Å². The molecule has 0 spiro atoms. The highest BCUT2D eigenvalue weighted by Crippen LogP contribution is 2.10. The van der Waals surface area contributed by atoms with Crippen LogP contribution in [0, 0.1) is 6.92 Å². The average Bonchev–Trinajstić information content (AvgIpc) is 2.65. The van der Waals surface area contributed by atoms with Gasteiger partial charge in [0.1, 0.15) is 0 Å². The zero-order chi connectivity index (χ0) is 11.8. The van der Waals surface area contributed by atoms with E-state index < -0.39 is 0 Å². The summed E-state index contributed by atoms with van der Waals surface area (Å²) < 4.78 is 4.99. The predicted octanol–water partition coefficient (Wildman–Crippen LogP) is 1.30. The first-order valence-corrected chi connectivity index (χ1v) is 6.40. The summed E-state index contributed by atoms with van der Waals surface area (Å²) in [7, 11) is 1.72. The number of rotatable bonds is 8. The third-order valence-corrected chi connectivity index (χ3v) is 3.21. The number of aryl methyl sites for hydroxylation is 1. The summed E-state index contributed by atoms with van der Waals surface area (Å²) in [4.78, 5) is 5.47. The second-order valence-electron chi connectivity index (χ2n) is 3.87. The molecule has 0 radical (unpaired) electrons. The van der Waals surface area contributed by atoms with Crippen molar-refractivity contribution >= 4 is 11.3 Å². The van der Waals surface area contributed by atoms with Crippen LogP contribution < -0.4 is 11.1 Å². The summed E-state index contributed by atoms with van der Waals surface area (Å²) in [5.41, 5.74) is 5.95. The van der Waals surface area contributed by atoms with Crippen molar-refractivity contribution in [3.05, 3.63) is 16.1 Å². The van der Waals surface area contributed by atoms with Crippen LogP contribution in [0.15, 0.2) is 6.20 Å². The lowest BCUT2D eigenvalue weighted by Gasteiger charge is -2.11. The van der Waals surface area contributed by atoms with E-state index in [1.165, 1.54) is 4.88 Å². The Morgan fingerprint density at radius 3 is 3.06 bits per heavy atom. The highest BCUT2D eigenvalue weighted by molar-refractivity contribution is 7.11.